The van der Waals surface area contributed by atoms with Gasteiger partial charge in [-0.3, -0.25) is 4.98 Å². The number of hydrogen-bond acceptors (Lipinski definition) is 4. The van der Waals surface area contributed by atoms with Crippen LogP contribution in [-0.2, 0) is 0 Å². The Balaban J connectivity index is 2.39. The van der Waals surface area contributed by atoms with E-state index in [0.29, 0.717) is 5.69 Å². The van der Waals surface area contributed by atoms with Crippen LogP contribution < -0.4 is 10.5 Å². The van der Waals surface area contributed by atoms with Gasteiger partial charge in [0.15, 0.2) is 5.06 Å². The second kappa shape index (κ2) is 3.67. The molecule has 0 radical (unpaired) electrons. The maximum Gasteiger partial charge on any atom is 0.173 e. The van der Waals surface area contributed by atoms with Gasteiger partial charge >= 0.3 is 0 Å². The molecule has 2 rings (SSSR count). The summed E-state index contributed by atoms with van der Waals surface area (Å²) in [5.74, 6) is 0. The predicted molar refractivity (Wildman–Crippen MR) is 58.5 cm³/mol. The summed E-state index contributed by atoms with van der Waals surface area (Å²) in [6, 6.07) is 5.83. The highest BCUT2D eigenvalue weighted by Gasteiger charge is 2.03. The lowest BCUT2D eigenvalue weighted by Crippen LogP contribution is -1.85. The Morgan fingerprint density at radius 2 is 2.21 bits per heavy atom. The van der Waals surface area contributed by atoms with Gasteiger partial charge in [0, 0.05) is 22.8 Å². The second-order valence-electron chi connectivity index (χ2n) is 2.83. The van der Waals surface area contributed by atoms with Gasteiger partial charge in [-0.1, -0.05) is 11.3 Å². The van der Waals surface area contributed by atoms with Crippen LogP contribution in [-0.4, -0.2) is 12.1 Å². The van der Waals surface area contributed by atoms with Crippen molar-refractivity contribution in [2.24, 2.45) is 0 Å². The van der Waals surface area contributed by atoms with Crippen molar-refractivity contribution < 1.29 is 4.74 Å². The Kier molecular flexibility index (Phi) is 2.37. The molecule has 72 valence electrons. The number of anilines is 1. The highest BCUT2D eigenvalue weighted by molar-refractivity contribution is 7.17. The Hall–Kier alpha value is -1.55. The molecule has 0 saturated carbocycles. The maximum absolute atomic E-state index is 5.65. The average molecular weight is 206 g/mol. The molecule has 0 atom stereocenters. The summed E-state index contributed by atoms with van der Waals surface area (Å²) < 4.78 is 5.11. The van der Waals surface area contributed by atoms with Crippen LogP contribution in [0.15, 0.2) is 30.6 Å². The number of aromatic nitrogens is 1. The van der Waals surface area contributed by atoms with Gasteiger partial charge in [-0.25, -0.2) is 0 Å². The van der Waals surface area contributed by atoms with Gasteiger partial charge in [0.25, 0.3) is 0 Å². The summed E-state index contributed by atoms with van der Waals surface area (Å²) in [7, 11) is 1.66. The Labute approximate surface area is 86.2 Å². The minimum Gasteiger partial charge on any atom is -0.487 e. The molecule has 0 unspecified atom stereocenters. The van der Waals surface area contributed by atoms with E-state index in [1.165, 1.54) is 0 Å². The summed E-state index contributed by atoms with van der Waals surface area (Å²) in [6.45, 7) is 0. The SMILES string of the molecule is COc1ccc(-c2cncc(N)c2)s1. The number of pyridine rings is 1. The molecule has 4 heteroatoms. The molecule has 0 bridgehead atoms. The third-order valence-electron chi connectivity index (χ3n) is 1.83. The Bertz CT molecular complexity index is 439. The van der Waals surface area contributed by atoms with Gasteiger partial charge in [0.05, 0.1) is 12.8 Å². The van der Waals surface area contributed by atoms with E-state index in [4.69, 9.17) is 10.5 Å². The fraction of sp³-hybridized carbons (Fsp3) is 0.100. The molecule has 3 nitrogen and oxygen atoms in total. The van der Waals surface area contributed by atoms with Gasteiger partial charge in [-0.2, -0.15) is 0 Å². The number of nitrogens with two attached hydrogens (primary N) is 1. The van der Waals surface area contributed by atoms with Crippen LogP contribution in [0.5, 0.6) is 5.06 Å². The Morgan fingerprint density at radius 1 is 1.36 bits per heavy atom. The molecule has 2 aromatic heterocycles. The monoisotopic (exact) mass is 206 g/mol. The minimum absolute atomic E-state index is 0.676. The van der Waals surface area contributed by atoms with Gasteiger partial charge < -0.3 is 10.5 Å². The molecule has 2 N–H and O–H groups in total. The van der Waals surface area contributed by atoms with E-state index in [0.717, 1.165) is 15.5 Å². The van der Waals surface area contributed by atoms with Crippen LogP contribution in [0, 0.1) is 0 Å². The van der Waals surface area contributed by atoms with Crippen molar-refractivity contribution in [3.05, 3.63) is 30.6 Å². The van der Waals surface area contributed by atoms with Crippen molar-refractivity contribution >= 4 is 17.0 Å². The van der Waals surface area contributed by atoms with E-state index in [2.05, 4.69) is 4.98 Å². The highest BCUT2D eigenvalue weighted by atomic mass is 32.1. The molecule has 0 aliphatic carbocycles. The van der Waals surface area contributed by atoms with Crippen molar-refractivity contribution in [3.63, 3.8) is 0 Å². The fourth-order valence-electron chi connectivity index (χ4n) is 1.18. The summed E-state index contributed by atoms with van der Waals surface area (Å²) in [4.78, 5) is 5.15. The standard InChI is InChI=1S/C10H10N2OS/c1-13-10-3-2-9(14-10)7-4-8(11)6-12-5-7/h2-6H,11H2,1H3. The van der Waals surface area contributed by atoms with Crippen LogP contribution in [0.3, 0.4) is 0 Å². The molecule has 2 aromatic rings. The number of hydrogen-bond donors (Lipinski definition) is 1. The molecular weight excluding hydrogens is 196 g/mol. The predicted octanol–water partition coefficient (Wildman–Crippen LogP) is 2.40. The smallest absolute Gasteiger partial charge is 0.173 e. The second-order valence-corrected chi connectivity index (χ2v) is 3.88. The lowest BCUT2D eigenvalue weighted by molar-refractivity contribution is 0.427. The number of rotatable bonds is 2. The summed E-state index contributed by atoms with van der Waals surface area (Å²) in [6.07, 6.45) is 3.43. The summed E-state index contributed by atoms with van der Waals surface area (Å²) in [5, 5.41) is 0.891. The van der Waals surface area contributed by atoms with Gasteiger partial charge in [-0.15, -0.1) is 0 Å². The lowest BCUT2D eigenvalue weighted by Gasteiger charge is -1.97. The quantitative estimate of drug-likeness (QED) is 0.820. The van der Waals surface area contributed by atoms with Crippen LogP contribution in [0.1, 0.15) is 0 Å². The molecule has 0 spiro atoms. The first-order chi connectivity index (χ1) is 6.79. The molecule has 14 heavy (non-hydrogen) atoms. The number of nitrogens with zero attached hydrogens (tertiary/aromatic N) is 1. The highest BCUT2D eigenvalue weighted by Crippen LogP contribution is 2.32. The van der Waals surface area contributed by atoms with E-state index in [-0.39, 0.29) is 0 Å². The largest absolute Gasteiger partial charge is 0.487 e. The van der Waals surface area contributed by atoms with E-state index < -0.39 is 0 Å². The minimum atomic E-state index is 0.676. The molecule has 0 aliphatic rings. The summed E-state index contributed by atoms with van der Waals surface area (Å²) >= 11 is 1.58. The van der Waals surface area contributed by atoms with Crippen LogP contribution >= 0.6 is 11.3 Å². The Morgan fingerprint density at radius 3 is 2.86 bits per heavy atom. The third kappa shape index (κ3) is 1.70. The topological polar surface area (TPSA) is 48.1 Å². The van der Waals surface area contributed by atoms with Crippen molar-refractivity contribution in [2.75, 3.05) is 12.8 Å². The van der Waals surface area contributed by atoms with Crippen molar-refractivity contribution in [1.29, 1.82) is 0 Å². The van der Waals surface area contributed by atoms with Gasteiger partial charge in [-0.05, 0) is 18.2 Å². The zero-order valence-electron chi connectivity index (χ0n) is 7.73. The van der Waals surface area contributed by atoms with E-state index in [1.54, 1.807) is 30.8 Å². The normalized spacial score (nSPS) is 10.1. The van der Waals surface area contributed by atoms with Crippen molar-refractivity contribution in [3.8, 4) is 15.5 Å². The van der Waals surface area contributed by atoms with E-state index in [9.17, 15) is 0 Å². The first-order valence-electron chi connectivity index (χ1n) is 4.14. The molecule has 0 fully saturated rings. The lowest BCUT2D eigenvalue weighted by atomic mass is 10.2. The number of nitrogen functional groups attached to an aromatic ring is 1. The molecule has 0 amide bonds. The van der Waals surface area contributed by atoms with Crippen LogP contribution in [0.25, 0.3) is 10.4 Å². The van der Waals surface area contributed by atoms with Crippen LogP contribution in [0.4, 0.5) is 5.69 Å². The number of thiophene rings is 1. The number of methoxy groups -OCH3 is 1. The van der Waals surface area contributed by atoms with Crippen molar-refractivity contribution in [2.45, 2.75) is 0 Å². The van der Waals surface area contributed by atoms with Crippen LogP contribution in [0.2, 0.25) is 0 Å². The first-order valence-corrected chi connectivity index (χ1v) is 4.96. The molecule has 0 saturated heterocycles. The summed E-state index contributed by atoms with van der Waals surface area (Å²) in [5.41, 5.74) is 7.35. The maximum atomic E-state index is 5.65. The third-order valence-corrected chi connectivity index (χ3v) is 2.92. The van der Waals surface area contributed by atoms with Gasteiger partial charge in [0.1, 0.15) is 0 Å². The zero-order valence-corrected chi connectivity index (χ0v) is 8.54. The van der Waals surface area contributed by atoms with Gasteiger partial charge in [0.2, 0.25) is 0 Å². The van der Waals surface area contributed by atoms with E-state index in [1.807, 2.05) is 18.2 Å². The zero-order chi connectivity index (χ0) is 9.97. The first kappa shape index (κ1) is 9.02. The van der Waals surface area contributed by atoms with Crippen molar-refractivity contribution in [1.82, 2.24) is 4.98 Å². The molecule has 2 heterocycles. The average Bonchev–Trinajstić information content (AvgIpc) is 2.66. The number of ether oxygens (including phenoxy) is 1. The molecular formula is C10H10N2OS. The molecule has 0 aliphatic heterocycles. The molecule has 0 aromatic carbocycles. The fourth-order valence-corrected chi connectivity index (χ4v) is 1.98. The van der Waals surface area contributed by atoms with E-state index >= 15 is 0 Å².